The van der Waals surface area contributed by atoms with Gasteiger partial charge in [0.05, 0.1) is 20.7 Å². The van der Waals surface area contributed by atoms with Crippen molar-refractivity contribution in [2.45, 2.75) is 12.1 Å². The van der Waals surface area contributed by atoms with Crippen LogP contribution in [-0.2, 0) is 0 Å². The van der Waals surface area contributed by atoms with Crippen LogP contribution in [0.2, 0.25) is 9.36 Å². The van der Waals surface area contributed by atoms with E-state index in [1.54, 1.807) is 24.5 Å². The fourth-order valence-corrected chi connectivity index (χ4v) is 4.84. The number of hydrogen-bond acceptors (Lipinski definition) is 6. The van der Waals surface area contributed by atoms with E-state index in [4.69, 9.17) is 23.2 Å². The van der Waals surface area contributed by atoms with Gasteiger partial charge < -0.3 is 0 Å². The number of pyridine rings is 1. The molecule has 0 fully saturated rings. The number of hydrogen-bond donors (Lipinski definition) is 0. The molecule has 0 saturated heterocycles. The first-order chi connectivity index (χ1) is 14.0. The van der Waals surface area contributed by atoms with Gasteiger partial charge in [-0.25, -0.2) is 0 Å². The number of carbonyl (C=O) groups is 1. The number of ketones is 1. The zero-order valence-electron chi connectivity index (χ0n) is 15.2. The van der Waals surface area contributed by atoms with Crippen LogP contribution in [-0.4, -0.2) is 31.3 Å². The molecule has 0 aliphatic heterocycles. The van der Waals surface area contributed by atoms with E-state index < -0.39 is 0 Å². The smallest absolute Gasteiger partial charge is 0.196 e. The summed E-state index contributed by atoms with van der Waals surface area (Å²) in [5.41, 5.74) is 2.64. The molecule has 4 rings (SSSR count). The van der Waals surface area contributed by atoms with Crippen LogP contribution in [0.1, 0.15) is 15.2 Å². The lowest BCUT2D eigenvalue weighted by Gasteiger charge is -2.13. The summed E-state index contributed by atoms with van der Waals surface area (Å²) in [5.74, 6) is 0.881. The Balaban J connectivity index is 1.73. The average Bonchev–Trinajstić information content (AvgIpc) is 3.35. The molecule has 0 bridgehead atoms. The molecule has 3 heterocycles. The number of halogens is 2. The molecule has 0 aliphatic carbocycles. The average molecular weight is 461 g/mol. The Hall–Kier alpha value is -2.19. The van der Waals surface area contributed by atoms with Gasteiger partial charge in [-0.15, -0.1) is 21.5 Å². The molecule has 0 aliphatic rings. The minimum Gasteiger partial charge on any atom is -0.292 e. The maximum absolute atomic E-state index is 12.5. The van der Waals surface area contributed by atoms with E-state index in [1.807, 2.05) is 41.8 Å². The summed E-state index contributed by atoms with van der Waals surface area (Å²) in [6.07, 6.45) is 3.41. The van der Waals surface area contributed by atoms with Crippen molar-refractivity contribution < 1.29 is 4.79 Å². The molecule has 0 N–H and O–H groups in total. The zero-order chi connectivity index (χ0) is 20.4. The highest BCUT2D eigenvalue weighted by Gasteiger charge is 2.20. The zero-order valence-corrected chi connectivity index (χ0v) is 18.3. The van der Waals surface area contributed by atoms with E-state index in [0.717, 1.165) is 16.8 Å². The largest absolute Gasteiger partial charge is 0.292 e. The summed E-state index contributed by atoms with van der Waals surface area (Å²) in [4.78, 5) is 17.2. The summed E-state index contributed by atoms with van der Waals surface area (Å²) in [6.45, 7) is 1.95. The molecule has 146 valence electrons. The van der Waals surface area contributed by atoms with Crippen molar-refractivity contribution in [1.29, 1.82) is 0 Å². The van der Waals surface area contributed by atoms with Gasteiger partial charge in [0.1, 0.15) is 0 Å². The highest BCUT2D eigenvalue weighted by molar-refractivity contribution is 7.99. The molecule has 0 spiro atoms. The highest BCUT2D eigenvalue weighted by Crippen LogP contribution is 2.32. The van der Waals surface area contributed by atoms with Gasteiger partial charge in [0, 0.05) is 23.0 Å². The Morgan fingerprint density at radius 3 is 2.62 bits per heavy atom. The highest BCUT2D eigenvalue weighted by atomic mass is 35.5. The van der Waals surface area contributed by atoms with Crippen molar-refractivity contribution in [2.75, 3.05) is 5.75 Å². The molecule has 0 amide bonds. The van der Waals surface area contributed by atoms with Crippen molar-refractivity contribution in [2.24, 2.45) is 0 Å². The van der Waals surface area contributed by atoms with Crippen LogP contribution in [0.15, 0.2) is 60.0 Å². The molecular weight excluding hydrogens is 447 g/mol. The van der Waals surface area contributed by atoms with Crippen LogP contribution in [0, 0.1) is 6.92 Å². The molecule has 1 aromatic carbocycles. The summed E-state index contributed by atoms with van der Waals surface area (Å²) >= 11 is 14.9. The van der Waals surface area contributed by atoms with Crippen LogP contribution in [0.3, 0.4) is 0 Å². The minimum absolute atomic E-state index is 0.00488. The van der Waals surface area contributed by atoms with Crippen molar-refractivity contribution in [3.8, 4) is 17.1 Å². The van der Waals surface area contributed by atoms with Gasteiger partial charge in [-0.1, -0.05) is 41.0 Å². The van der Waals surface area contributed by atoms with E-state index in [9.17, 15) is 4.79 Å². The number of carbonyl (C=O) groups excluding carboxylic acids is 1. The SMILES string of the molecule is Cc1c(Cl)cccc1-n1c(SCC(=O)c2ccc(Cl)s2)nnc1-c1ccncc1. The standard InChI is InChI=1S/C20H14Cl2N4OS2/c1-12-14(21)3-2-4-15(12)26-19(13-7-9-23-10-8-13)24-25-20(26)28-11-16(27)17-5-6-18(22)29-17/h2-10H,11H2,1H3. The van der Waals surface area contributed by atoms with E-state index in [0.29, 0.717) is 25.2 Å². The first kappa shape index (κ1) is 20.1. The van der Waals surface area contributed by atoms with Crippen molar-refractivity contribution in [1.82, 2.24) is 19.7 Å². The maximum atomic E-state index is 12.5. The first-order valence-electron chi connectivity index (χ1n) is 8.57. The summed E-state index contributed by atoms with van der Waals surface area (Å²) < 4.78 is 2.52. The number of rotatable bonds is 6. The molecule has 0 unspecified atom stereocenters. The third-order valence-electron chi connectivity index (χ3n) is 4.23. The predicted molar refractivity (Wildman–Crippen MR) is 119 cm³/mol. The summed E-state index contributed by atoms with van der Waals surface area (Å²) in [5, 5.41) is 9.99. The van der Waals surface area contributed by atoms with E-state index in [1.165, 1.54) is 23.1 Å². The van der Waals surface area contributed by atoms with E-state index >= 15 is 0 Å². The normalized spacial score (nSPS) is 11.0. The van der Waals surface area contributed by atoms with Crippen molar-refractivity contribution >= 4 is 52.1 Å². The number of thiophene rings is 1. The second-order valence-corrected chi connectivity index (χ2v) is 9.14. The Morgan fingerprint density at radius 1 is 1.10 bits per heavy atom. The third kappa shape index (κ3) is 4.23. The number of thioether (sulfide) groups is 1. The molecular formula is C20H14Cl2N4OS2. The molecule has 3 aromatic heterocycles. The number of Topliss-reactive ketones (excluding diaryl/α,β-unsaturated/α-hetero) is 1. The van der Waals surface area contributed by atoms with Crippen molar-refractivity contribution in [3.63, 3.8) is 0 Å². The second-order valence-electron chi connectivity index (χ2n) is 6.08. The second kappa shape index (κ2) is 8.67. The molecule has 29 heavy (non-hydrogen) atoms. The number of nitrogens with zero attached hydrogens (tertiary/aromatic N) is 4. The fourth-order valence-electron chi connectivity index (χ4n) is 2.77. The number of aromatic nitrogens is 4. The fraction of sp³-hybridized carbons (Fsp3) is 0.100. The molecule has 0 atom stereocenters. The number of benzene rings is 1. The van der Waals surface area contributed by atoms with Gasteiger partial charge in [0.25, 0.3) is 0 Å². The molecule has 5 nitrogen and oxygen atoms in total. The van der Waals surface area contributed by atoms with Gasteiger partial charge in [0.2, 0.25) is 0 Å². The Bertz CT molecular complexity index is 1170. The Labute approximate surface area is 185 Å². The van der Waals surface area contributed by atoms with Crippen LogP contribution < -0.4 is 0 Å². The summed E-state index contributed by atoms with van der Waals surface area (Å²) in [6, 6.07) is 12.9. The van der Waals surface area contributed by atoms with Gasteiger partial charge in [-0.2, -0.15) is 0 Å². The monoisotopic (exact) mass is 460 g/mol. The lowest BCUT2D eigenvalue weighted by molar-refractivity contribution is 0.102. The molecule has 0 saturated carbocycles. The maximum Gasteiger partial charge on any atom is 0.196 e. The van der Waals surface area contributed by atoms with Gasteiger partial charge in [-0.05, 0) is 48.9 Å². The topological polar surface area (TPSA) is 60.7 Å². The lowest BCUT2D eigenvalue weighted by Crippen LogP contribution is -2.05. The molecule has 9 heteroatoms. The molecule has 4 aromatic rings. The van der Waals surface area contributed by atoms with Crippen LogP contribution >= 0.6 is 46.3 Å². The van der Waals surface area contributed by atoms with Gasteiger partial charge >= 0.3 is 0 Å². The van der Waals surface area contributed by atoms with Gasteiger partial charge in [0.15, 0.2) is 16.8 Å². The lowest BCUT2D eigenvalue weighted by atomic mass is 10.2. The van der Waals surface area contributed by atoms with E-state index in [-0.39, 0.29) is 11.5 Å². The first-order valence-corrected chi connectivity index (χ1v) is 11.1. The predicted octanol–water partition coefficient (Wildman–Crippen LogP) is 5.98. The van der Waals surface area contributed by atoms with Crippen LogP contribution in [0.4, 0.5) is 0 Å². The quantitative estimate of drug-likeness (QED) is 0.261. The van der Waals surface area contributed by atoms with E-state index in [2.05, 4.69) is 15.2 Å². The minimum atomic E-state index is -0.00488. The third-order valence-corrected chi connectivity index (χ3v) is 6.84. The van der Waals surface area contributed by atoms with Gasteiger partial charge in [-0.3, -0.25) is 14.3 Å². The van der Waals surface area contributed by atoms with Crippen LogP contribution in [0.25, 0.3) is 17.1 Å². The Morgan fingerprint density at radius 2 is 1.90 bits per heavy atom. The van der Waals surface area contributed by atoms with Crippen molar-refractivity contribution in [3.05, 3.63) is 74.7 Å². The summed E-state index contributed by atoms with van der Waals surface area (Å²) in [7, 11) is 0. The van der Waals surface area contributed by atoms with Crippen LogP contribution in [0.5, 0.6) is 0 Å². The molecule has 0 radical (unpaired) electrons. The Kier molecular flexibility index (Phi) is 6.01.